The van der Waals surface area contributed by atoms with Crippen molar-refractivity contribution < 1.29 is 17.5 Å². The minimum atomic E-state index is -3.73. The topological polar surface area (TPSA) is 60.3 Å². The fourth-order valence-corrected chi connectivity index (χ4v) is 3.37. The van der Waals surface area contributed by atoms with Gasteiger partial charge in [-0.3, -0.25) is 4.72 Å². The number of methoxy groups -OCH3 is 1. The van der Waals surface area contributed by atoms with Gasteiger partial charge in [-0.2, -0.15) is 0 Å². The molecule has 1 N–H and O–H groups in total. The Kier molecular flexibility index (Phi) is 4.26. The number of sulfonamides is 1. The zero-order valence-corrected chi connectivity index (χ0v) is 13.6. The summed E-state index contributed by atoms with van der Waals surface area (Å²) < 4.78 is 47.7. The van der Waals surface area contributed by atoms with E-state index in [2.05, 4.69) is 4.72 Å². The molecule has 1 aromatic heterocycles. The summed E-state index contributed by atoms with van der Waals surface area (Å²) in [5, 5.41) is 0. The van der Waals surface area contributed by atoms with Crippen molar-refractivity contribution in [3.8, 4) is 11.4 Å². The Labute approximate surface area is 139 Å². The summed E-state index contributed by atoms with van der Waals surface area (Å²) in [6.07, 6.45) is 1.64. The summed E-state index contributed by atoms with van der Waals surface area (Å²) >= 11 is 0. The van der Waals surface area contributed by atoms with E-state index in [0.717, 1.165) is 0 Å². The number of rotatable bonds is 5. The summed E-state index contributed by atoms with van der Waals surface area (Å²) in [6.45, 7) is 0. The first-order chi connectivity index (χ1) is 11.5. The Morgan fingerprint density at radius 2 is 1.79 bits per heavy atom. The molecule has 0 aliphatic carbocycles. The van der Waals surface area contributed by atoms with Gasteiger partial charge in [-0.15, -0.1) is 0 Å². The maximum absolute atomic E-state index is 13.9. The van der Waals surface area contributed by atoms with Gasteiger partial charge in [-0.1, -0.05) is 18.2 Å². The predicted molar refractivity (Wildman–Crippen MR) is 89.5 cm³/mol. The summed E-state index contributed by atoms with van der Waals surface area (Å²) in [5.41, 5.74) is 0.476. The molecule has 0 unspecified atom stereocenters. The van der Waals surface area contributed by atoms with Gasteiger partial charge in [0.25, 0.3) is 10.0 Å². The smallest absolute Gasteiger partial charge is 0.263 e. The molecule has 0 amide bonds. The van der Waals surface area contributed by atoms with Gasteiger partial charge in [0, 0.05) is 12.3 Å². The van der Waals surface area contributed by atoms with Crippen LogP contribution in [-0.2, 0) is 10.0 Å². The number of hydrogen-bond acceptors (Lipinski definition) is 3. The molecule has 0 aliphatic rings. The van der Waals surface area contributed by atoms with E-state index < -0.39 is 15.8 Å². The molecule has 0 bridgehead atoms. The van der Waals surface area contributed by atoms with Crippen molar-refractivity contribution in [3.05, 3.63) is 72.7 Å². The molecule has 0 spiro atoms. The lowest BCUT2D eigenvalue weighted by Crippen LogP contribution is -2.15. The number of hydrogen-bond donors (Lipinski definition) is 1. The SMILES string of the molecule is COc1ccc(-n2cccc2NS(=O)(=O)c2ccccc2)cc1F. The second-order valence-electron chi connectivity index (χ2n) is 5.00. The van der Waals surface area contributed by atoms with E-state index in [1.165, 1.54) is 31.4 Å². The van der Waals surface area contributed by atoms with E-state index in [4.69, 9.17) is 4.74 Å². The van der Waals surface area contributed by atoms with Crippen LogP contribution < -0.4 is 9.46 Å². The zero-order chi connectivity index (χ0) is 17.2. The largest absolute Gasteiger partial charge is 0.494 e. The maximum Gasteiger partial charge on any atom is 0.263 e. The quantitative estimate of drug-likeness (QED) is 0.770. The van der Waals surface area contributed by atoms with Crippen LogP contribution in [0, 0.1) is 5.82 Å². The molecule has 3 rings (SSSR count). The molecule has 0 saturated carbocycles. The number of nitrogens with one attached hydrogen (secondary N) is 1. The van der Waals surface area contributed by atoms with E-state index in [1.54, 1.807) is 47.2 Å². The van der Waals surface area contributed by atoms with E-state index >= 15 is 0 Å². The van der Waals surface area contributed by atoms with Gasteiger partial charge in [-0.25, -0.2) is 12.8 Å². The molecule has 1 heterocycles. The molecule has 124 valence electrons. The first-order valence-electron chi connectivity index (χ1n) is 7.10. The Hall–Kier alpha value is -2.80. The Morgan fingerprint density at radius 1 is 1.04 bits per heavy atom. The van der Waals surface area contributed by atoms with Crippen LogP contribution >= 0.6 is 0 Å². The second kappa shape index (κ2) is 6.37. The Bertz CT molecular complexity index is 953. The van der Waals surface area contributed by atoms with Gasteiger partial charge < -0.3 is 9.30 Å². The van der Waals surface area contributed by atoms with Crippen LogP contribution in [0.5, 0.6) is 5.75 Å². The number of ether oxygens (including phenoxy) is 1. The highest BCUT2D eigenvalue weighted by molar-refractivity contribution is 7.92. The number of aromatic nitrogens is 1. The second-order valence-corrected chi connectivity index (χ2v) is 6.68. The van der Waals surface area contributed by atoms with Crippen LogP contribution in [0.1, 0.15) is 0 Å². The van der Waals surface area contributed by atoms with Crippen molar-refractivity contribution >= 4 is 15.8 Å². The van der Waals surface area contributed by atoms with E-state index in [9.17, 15) is 12.8 Å². The standard InChI is InChI=1S/C17H15FN2O3S/c1-23-16-10-9-13(12-15(16)18)20-11-5-8-17(20)19-24(21,22)14-6-3-2-4-7-14/h2-12,19H,1H3. The lowest BCUT2D eigenvalue weighted by Gasteiger charge is -2.13. The van der Waals surface area contributed by atoms with Crippen LogP contribution in [-0.4, -0.2) is 20.1 Å². The number of anilines is 1. The summed E-state index contributed by atoms with van der Waals surface area (Å²) in [5.74, 6) is -0.0960. The Morgan fingerprint density at radius 3 is 2.46 bits per heavy atom. The van der Waals surface area contributed by atoms with Crippen molar-refractivity contribution in [2.75, 3.05) is 11.8 Å². The molecule has 24 heavy (non-hydrogen) atoms. The van der Waals surface area contributed by atoms with Gasteiger partial charge in [0.2, 0.25) is 0 Å². The normalized spacial score (nSPS) is 11.2. The number of halogens is 1. The van der Waals surface area contributed by atoms with E-state index in [1.807, 2.05) is 0 Å². The third-order valence-corrected chi connectivity index (χ3v) is 4.83. The van der Waals surface area contributed by atoms with Crippen LogP contribution in [0.25, 0.3) is 5.69 Å². The van der Waals surface area contributed by atoms with Crippen molar-refractivity contribution in [2.45, 2.75) is 4.90 Å². The molecule has 7 heteroatoms. The van der Waals surface area contributed by atoms with Crippen molar-refractivity contribution in [3.63, 3.8) is 0 Å². The first-order valence-corrected chi connectivity index (χ1v) is 8.59. The summed E-state index contributed by atoms with van der Waals surface area (Å²) in [6, 6.07) is 15.7. The fourth-order valence-electron chi connectivity index (χ4n) is 2.29. The molecule has 0 fully saturated rings. The zero-order valence-electron chi connectivity index (χ0n) is 12.8. The van der Waals surface area contributed by atoms with E-state index in [0.29, 0.717) is 11.5 Å². The first kappa shape index (κ1) is 16.1. The molecule has 0 aliphatic heterocycles. The van der Waals surface area contributed by atoms with Crippen LogP contribution in [0.4, 0.5) is 10.2 Å². The van der Waals surface area contributed by atoms with E-state index in [-0.39, 0.29) is 10.6 Å². The minimum Gasteiger partial charge on any atom is -0.494 e. The number of nitrogens with zero attached hydrogens (tertiary/aromatic N) is 1. The molecular weight excluding hydrogens is 331 g/mol. The van der Waals surface area contributed by atoms with Gasteiger partial charge in [-0.05, 0) is 36.4 Å². The molecule has 0 radical (unpaired) electrons. The minimum absolute atomic E-state index is 0.123. The summed E-state index contributed by atoms with van der Waals surface area (Å²) in [4.78, 5) is 0.152. The fraction of sp³-hybridized carbons (Fsp3) is 0.0588. The van der Waals surface area contributed by atoms with Gasteiger partial charge in [0.05, 0.1) is 17.7 Å². The van der Waals surface area contributed by atoms with Gasteiger partial charge in [0.1, 0.15) is 5.82 Å². The molecule has 5 nitrogen and oxygen atoms in total. The Balaban J connectivity index is 1.95. The highest BCUT2D eigenvalue weighted by Gasteiger charge is 2.16. The van der Waals surface area contributed by atoms with Crippen molar-refractivity contribution in [1.82, 2.24) is 4.57 Å². The van der Waals surface area contributed by atoms with Gasteiger partial charge in [0.15, 0.2) is 11.6 Å². The predicted octanol–water partition coefficient (Wildman–Crippen LogP) is 3.43. The third-order valence-electron chi connectivity index (χ3n) is 3.45. The molecule has 0 atom stereocenters. The van der Waals surface area contributed by atoms with Crippen molar-refractivity contribution in [1.29, 1.82) is 0 Å². The molecule has 3 aromatic rings. The monoisotopic (exact) mass is 346 g/mol. The van der Waals surface area contributed by atoms with Crippen LogP contribution in [0.2, 0.25) is 0 Å². The average molecular weight is 346 g/mol. The van der Waals surface area contributed by atoms with Crippen LogP contribution in [0.3, 0.4) is 0 Å². The lowest BCUT2D eigenvalue weighted by molar-refractivity contribution is 0.386. The molecular formula is C17H15FN2O3S. The maximum atomic E-state index is 13.9. The molecule has 0 saturated heterocycles. The molecule has 2 aromatic carbocycles. The van der Waals surface area contributed by atoms with Crippen molar-refractivity contribution in [2.24, 2.45) is 0 Å². The highest BCUT2D eigenvalue weighted by atomic mass is 32.2. The average Bonchev–Trinajstić information content (AvgIpc) is 3.03. The van der Waals surface area contributed by atoms with Crippen LogP contribution in [0.15, 0.2) is 71.8 Å². The summed E-state index contributed by atoms with van der Waals surface area (Å²) in [7, 11) is -2.34. The third kappa shape index (κ3) is 3.11. The lowest BCUT2D eigenvalue weighted by atomic mass is 10.3. The van der Waals surface area contributed by atoms with Gasteiger partial charge >= 0.3 is 0 Å². The number of benzene rings is 2. The highest BCUT2D eigenvalue weighted by Crippen LogP contribution is 2.24.